The molecule has 0 heterocycles. The highest BCUT2D eigenvalue weighted by molar-refractivity contribution is 5.87. The zero-order valence-electron chi connectivity index (χ0n) is 12.6. The van der Waals surface area contributed by atoms with Gasteiger partial charge in [-0.05, 0) is 44.5 Å². The number of rotatable bonds is 9. The van der Waals surface area contributed by atoms with E-state index in [9.17, 15) is 4.79 Å². The number of ether oxygens (including phenoxy) is 1. The monoisotopic (exact) mass is 279 g/mol. The highest BCUT2D eigenvalue weighted by atomic mass is 16.5. The van der Waals surface area contributed by atoms with Crippen LogP contribution in [-0.4, -0.2) is 42.2 Å². The van der Waals surface area contributed by atoms with E-state index in [0.29, 0.717) is 18.4 Å². The summed E-state index contributed by atoms with van der Waals surface area (Å²) in [5, 5.41) is 8.91. The predicted octanol–water partition coefficient (Wildman–Crippen LogP) is 3.27. The van der Waals surface area contributed by atoms with Gasteiger partial charge in [-0.25, -0.2) is 4.79 Å². The summed E-state index contributed by atoms with van der Waals surface area (Å²) in [4.78, 5) is 13.2. The normalized spacial score (nSPS) is 11.1. The SMILES string of the molecule is CCC(CC)N(C)CCCOc1cccc(C(=O)O)c1. The molecular formula is C16H25NO3. The largest absolute Gasteiger partial charge is 0.494 e. The van der Waals surface area contributed by atoms with Crippen molar-refractivity contribution in [3.05, 3.63) is 29.8 Å². The molecule has 0 fully saturated rings. The Hall–Kier alpha value is -1.55. The lowest BCUT2D eigenvalue weighted by molar-refractivity contribution is 0.0696. The Morgan fingerprint density at radius 2 is 2.05 bits per heavy atom. The van der Waals surface area contributed by atoms with Crippen molar-refractivity contribution in [3.8, 4) is 5.75 Å². The van der Waals surface area contributed by atoms with Crippen LogP contribution in [0.4, 0.5) is 0 Å². The van der Waals surface area contributed by atoms with E-state index in [2.05, 4.69) is 25.8 Å². The van der Waals surface area contributed by atoms with E-state index in [1.807, 2.05) is 0 Å². The summed E-state index contributed by atoms with van der Waals surface area (Å²) in [5.41, 5.74) is 0.261. The Morgan fingerprint density at radius 1 is 1.35 bits per heavy atom. The molecule has 0 radical (unpaired) electrons. The second-order valence-electron chi connectivity index (χ2n) is 4.99. The van der Waals surface area contributed by atoms with Crippen molar-refractivity contribution < 1.29 is 14.6 Å². The van der Waals surface area contributed by atoms with Crippen LogP contribution in [0.1, 0.15) is 43.5 Å². The van der Waals surface area contributed by atoms with Crippen LogP contribution in [0.5, 0.6) is 5.75 Å². The number of carboxylic acid groups (broad SMARTS) is 1. The van der Waals surface area contributed by atoms with Crippen molar-refractivity contribution in [1.82, 2.24) is 4.90 Å². The van der Waals surface area contributed by atoms with Gasteiger partial charge < -0.3 is 14.7 Å². The van der Waals surface area contributed by atoms with Gasteiger partial charge in [-0.15, -0.1) is 0 Å². The number of carboxylic acids is 1. The van der Waals surface area contributed by atoms with Crippen molar-refractivity contribution in [2.45, 2.75) is 39.2 Å². The van der Waals surface area contributed by atoms with Crippen LogP contribution in [0.15, 0.2) is 24.3 Å². The van der Waals surface area contributed by atoms with Crippen LogP contribution in [0, 0.1) is 0 Å². The van der Waals surface area contributed by atoms with Crippen molar-refractivity contribution >= 4 is 5.97 Å². The minimum atomic E-state index is -0.927. The first-order valence-electron chi connectivity index (χ1n) is 7.24. The van der Waals surface area contributed by atoms with Crippen molar-refractivity contribution in [1.29, 1.82) is 0 Å². The molecule has 0 aromatic heterocycles. The van der Waals surface area contributed by atoms with Gasteiger partial charge in [0, 0.05) is 12.6 Å². The second-order valence-corrected chi connectivity index (χ2v) is 4.99. The Morgan fingerprint density at radius 3 is 2.65 bits per heavy atom. The fraction of sp³-hybridized carbons (Fsp3) is 0.562. The molecule has 0 aliphatic carbocycles. The first kappa shape index (κ1) is 16.5. The van der Waals surface area contributed by atoms with Gasteiger partial charge in [0.2, 0.25) is 0 Å². The lowest BCUT2D eigenvalue weighted by Crippen LogP contribution is -2.32. The average molecular weight is 279 g/mol. The summed E-state index contributed by atoms with van der Waals surface area (Å²) < 4.78 is 5.60. The van der Waals surface area contributed by atoms with Crippen LogP contribution in [0.2, 0.25) is 0 Å². The summed E-state index contributed by atoms with van der Waals surface area (Å²) in [6.45, 7) is 6.01. The third-order valence-electron chi connectivity index (χ3n) is 3.57. The molecule has 0 bridgehead atoms. The van der Waals surface area contributed by atoms with Crippen LogP contribution < -0.4 is 4.74 Å². The molecule has 0 unspecified atom stereocenters. The Bertz CT molecular complexity index is 416. The van der Waals surface area contributed by atoms with Crippen LogP contribution >= 0.6 is 0 Å². The first-order chi connectivity index (χ1) is 9.58. The van der Waals surface area contributed by atoms with E-state index in [4.69, 9.17) is 9.84 Å². The predicted molar refractivity (Wildman–Crippen MR) is 80.5 cm³/mol. The topological polar surface area (TPSA) is 49.8 Å². The number of hydrogen-bond acceptors (Lipinski definition) is 3. The molecule has 4 nitrogen and oxygen atoms in total. The van der Waals surface area contributed by atoms with E-state index in [1.54, 1.807) is 24.3 Å². The first-order valence-corrected chi connectivity index (χ1v) is 7.24. The van der Waals surface area contributed by atoms with Gasteiger partial charge in [0.25, 0.3) is 0 Å². The average Bonchev–Trinajstić information content (AvgIpc) is 2.45. The number of hydrogen-bond donors (Lipinski definition) is 1. The molecule has 0 atom stereocenters. The molecule has 1 N–H and O–H groups in total. The number of benzene rings is 1. The number of nitrogens with zero attached hydrogens (tertiary/aromatic N) is 1. The van der Waals surface area contributed by atoms with E-state index in [0.717, 1.165) is 25.8 Å². The summed E-state index contributed by atoms with van der Waals surface area (Å²) in [6, 6.07) is 7.25. The Kier molecular flexibility index (Phi) is 7.09. The molecule has 1 aromatic carbocycles. The Balaban J connectivity index is 2.34. The number of aromatic carboxylic acids is 1. The van der Waals surface area contributed by atoms with Crippen LogP contribution in [0.3, 0.4) is 0 Å². The minimum Gasteiger partial charge on any atom is -0.494 e. The molecule has 0 saturated carbocycles. The third kappa shape index (κ3) is 5.21. The molecule has 0 amide bonds. The summed E-state index contributed by atoms with van der Waals surface area (Å²) in [6.07, 6.45) is 3.26. The maximum atomic E-state index is 10.9. The van der Waals surface area contributed by atoms with Gasteiger partial charge in [-0.1, -0.05) is 19.9 Å². The lowest BCUT2D eigenvalue weighted by Gasteiger charge is -2.25. The van der Waals surface area contributed by atoms with E-state index in [-0.39, 0.29) is 5.56 Å². The van der Waals surface area contributed by atoms with Gasteiger partial charge in [0.05, 0.1) is 12.2 Å². The summed E-state index contributed by atoms with van der Waals surface area (Å²) >= 11 is 0. The number of carbonyl (C=O) groups is 1. The van der Waals surface area contributed by atoms with Crippen LogP contribution in [-0.2, 0) is 0 Å². The fourth-order valence-electron chi connectivity index (χ4n) is 2.32. The molecule has 1 aromatic rings. The molecular weight excluding hydrogens is 254 g/mol. The van der Waals surface area contributed by atoms with E-state index < -0.39 is 5.97 Å². The molecule has 0 aliphatic heterocycles. The highest BCUT2D eigenvalue weighted by Gasteiger charge is 2.09. The van der Waals surface area contributed by atoms with Crippen LogP contribution in [0.25, 0.3) is 0 Å². The zero-order valence-corrected chi connectivity index (χ0v) is 12.6. The highest BCUT2D eigenvalue weighted by Crippen LogP contribution is 2.14. The smallest absolute Gasteiger partial charge is 0.335 e. The molecule has 112 valence electrons. The zero-order chi connectivity index (χ0) is 15.0. The van der Waals surface area contributed by atoms with E-state index >= 15 is 0 Å². The van der Waals surface area contributed by atoms with Crippen molar-refractivity contribution in [2.75, 3.05) is 20.2 Å². The molecule has 0 spiro atoms. The molecule has 0 aliphatic rings. The molecule has 20 heavy (non-hydrogen) atoms. The summed E-state index contributed by atoms with van der Waals surface area (Å²) in [5.74, 6) is -0.306. The lowest BCUT2D eigenvalue weighted by atomic mass is 10.1. The van der Waals surface area contributed by atoms with E-state index in [1.165, 1.54) is 0 Å². The van der Waals surface area contributed by atoms with Gasteiger partial charge in [-0.3, -0.25) is 0 Å². The maximum absolute atomic E-state index is 10.9. The fourth-order valence-corrected chi connectivity index (χ4v) is 2.32. The third-order valence-corrected chi connectivity index (χ3v) is 3.57. The minimum absolute atomic E-state index is 0.261. The molecule has 4 heteroatoms. The van der Waals surface area contributed by atoms with Crippen molar-refractivity contribution in [2.24, 2.45) is 0 Å². The Labute approximate surface area is 121 Å². The van der Waals surface area contributed by atoms with Gasteiger partial charge in [0.1, 0.15) is 5.75 Å². The quantitative estimate of drug-likeness (QED) is 0.705. The van der Waals surface area contributed by atoms with Gasteiger partial charge >= 0.3 is 5.97 Å². The second kappa shape index (κ2) is 8.59. The molecule has 1 rings (SSSR count). The van der Waals surface area contributed by atoms with Gasteiger partial charge in [0.15, 0.2) is 0 Å². The maximum Gasteiger partial charge on any atom is 0.335 e. The molecule has 0 saturated heterocycles. The van der Waals surface area contributed by atoms with Crippen molar-refractivity contribution in [3.63, 3.8) is 0 Å². The van der Waals surface area contributed by atoms with Gasteiger partial charge in [-0.2, -0.15) is 0 Å². The summed E-state index contributed by atoms with van der Waals surface area (Å²) in [7, 11) is 2.14. The standard InChI is InChI=1S/C16H25NO3/c1-4-14(5-2)17(3)10-7-11-20-15-9-6-8-13(12-15)16(18)19/h6,8-9,12,14H,4-5,7,10-11H2,1-3H3,(H,18,19).